The van der Waals surface area contributed by atoms with E-state index in [1.807, 2.05) is 51.1 Å². The molecule has 2 aliphatic rings. The van der Waals surface area contributed by atoms with Crippen LogP contribution >= 0.6 is 0 Å². The van der Waals surface area contributed by atoms with Gasteiger partial charge >= 0.3 is 6.03 Å². The zero-order valence-corrected chi connectivity index (χ0v) is 18.3. The molecule has 1 N–H and O–H groups in total. The van der Waals surface area contributed by atoms with E-state index in [0.29, 0.717) is 17.1 Å². The van der Waals surface area contributed by atoms with E-state index < -0.39 is 17.8 Å². The molecule has 33 heavy (non-hydrogen) atoms. The zero-order valence-electron chi connectivity index (χ0n) is 18.3. The van der Waals surface area contributed by atoms with Crippen molar-refractivity contribution in [3.8, 4) is 17.2 Å². The van der Waals surface area contributed by atoms with Gasteiger partial charge in [-0.25, -0.2) is 9.69 Å². The topological polar surface area (TPSA) is 89.9 Å². The highest BCUT2D eigenvalue weighted by atomic mass is 16.7. The predicted octanol–water partition coefficient (Wildman–Crippen LogP) is 3.80. The molecular formula is C25H21N3O5. The molecule has 166 valence electrons. The Bertz CT molecular complexity index is 1370. The number of hydrogen-bond acceptors (Lipinski definition) is 5. The number of urea groups is 1. The van der Waals surface area contributed by atoms with Gasteiger partial charge in [0, 0.05) is 23.1 Å². The molecule has 2 aromatic carbocycles. The van der Waals surface area contributed by atoms with Crippen LogP contribution in [-0.2, 0) is 9.59 Å². The summed E-state index contributed by atoms with van der Waals surface area (Å²) in [6, 6.07) is 13.8. The fraction of sp³-hybridized carbons (Fsp3) is 0.160. The first-order valence-electron chi connectivity index (χ1n) is 10.4. The first kappa shape index (κ1) is 20.6. The number of fused-ring (bicyclic) bond motifs is 1. The number of ether oxygens (including phenoxy) is 2. The molecule has 4 amide bonds. The largest absolute Gasteiger partial charge is 0.454 e. The Hall–Kier alpha value is -4.33. The van der Waals surface area contributed by atoms with Gasteiger partial charge < -0.3 is 14.0 Å². The number of rotatable bonds is 3. The Morgan fingerprint density at radius 3 is 2.48 bits per heavy atom. The number of benzene rings is 2. The molecule has 0 atom stereocenters. The monoisotopic (exact) mass is 443 g/mol. The lowest BCUT2D eigenvalue weighted by Crippen LogP contribution is -2.54. The molecule has 1 saturated heterocycles. The molecule has 3 aromatic rings. The van der Waals surface area contributed by atoms with Crippen LogP contribution < -0.4 is 19.7 Å². The summed E-state index contributed by atoms with van der Waals surface area (Å²) in [6.07, 6.45) is 1.53. The van der Waals surface area contributed by atoms with Crippen molar-refractivity contribution in [2.24, 2.45) is 0 Å². The van der Waals surface area contributed by atoms with Crippen LogP contribution in [0.25, 0.3) is 11.8 Å². The van der Waals surface area contributed by atoms with Crippen LogP contribution in [0, 0.1) is 20.8 Å². The van der Waals surface area contributed by atoms with Crippen molar-refractivity contribution in [1.82, 2.24) is 9.88 Å². The highest BCUT2D eigenvalue weighted by molar-refractivity contribution is 6.39. The lowest BCUT2D eigenvalue weighted by atomic mass is 10.1. The lowest BCUT2D eigenvalue weighted by molar-refractivity contribution is -0.122. The molecule has 1 aromatic heterocycles. The molecule has 0 unspecified atom stereocenters. The first-order valence-corrected chi connectivity index (χ1v) is 10.4. The van der Waals surface area contributed by atoms with Gasteiger partial charge in [-0.15, -0.1) is 0 Å². The van der Waals surface area contributed by atoms with Crippen LogP contribution in [0.2, 0.25) is 0 Å². The number of aromatic nitrogens is 1. The van der Waals surface area contributed by atoms with Crippen molar-refractivity contribution in [2.75, 3.05) is 11.7 Å². The van der Waals surface area contributed by atoms with Crippen molar-refractivity contribution in [2.45, 2.75) is 20.8 Å². The minimum atomic E-state index is -0.814. The fourth-order valence-electron chi connectivity index (χ4n) is 4.19. The number of anilines is 1. The summed E-state index contributed by atoms with van der Waals surface area (Å²) >= 11 is 0. The quantitative estimate of drug-likeness (QED) is 0.491. The Labute approximate surface area is 190 Å². The molecule has 0 bridgehead atoms. The lowest BCUT2D eigenvalue weighted by Gasteiger charge is -2.26. The van der Waals surface area contributed by atoms with E-state index in [4.69, 9.17) is 9.47 Å². The van der Waals surface area contributed by atoms with E-state index >= 15 is 0 Å². The van der Waals surface area contributed by atoms with Crippen LogP contribution in [0.1, 0.15) is 22.5 Å². The highest BCUT2D eigenvalue weighted by Crippen LogP contribution is 2.36. The van der Waals surface area contributed by atoms with Crippen LogP contribution in [0.5, 0.6) is 11.5 Å². The van der Waals surface area contributed by atoms with E-state index in [1.54, 1.807) is 12.1 Å². The molecule has 8 nitrogen and oxygen atoms in total. The van der Waals surface area contributed by atoms with Crippen LogP contribution in [0.3, 0.4) is 0 Å². The maximum atomic E-state index is 13.3. The number of carbonyl (C=O) groups excluding carboxylic acids is 3. The average molecular weight is 443 g/mol. The molecule has 3 heterocycles. The second kappa shape index (κ2) is 7.67. The standard InChI is InChI=1S/C25H21N3O5/c1-14-6-4-5-7-20(14)27-15(2)10-17(16(27)3)11-19-23(29)26-25(31)28(24(19)30)18-8-9-21-22(12-18)33-13-32-21/h4-12H,13H2,1-3H3,(H,26,29,31)/b19-11+. The molecule has 5 rings (SSSR count). The molecule has 0 aliphatic carbocycles. The summed E-state index contributed by atoms with van der Waals surface area (Å²) in [5.41, 5.74) is 4.83. The number of aryl methyl sites for hydroxylation is 2. The van der Waals surface area contributed by atoms with Crippen LogP contribution in [0.4, 0.5) is 10.5 Å². The maximum absolute atomic E-state index is 13.3. The highest BCUT2D eigenvalue weighted by Gasteiger charge is 2.37. The minimum absolute atomic E-state index is 0.0685. The number of carbonyl (C=O) groups is 3. The molecular weight excluding hydrogens is 422 g/mol. The van der Waals surface area contributed by atoms with E-state index in [0.717, 1.165) is 27.5 Å². The van der Waals surface area contributed by atoms with Crippen molar-refractivity contribution >= 4 is 29.6 Å². The second-order valence-corrected chi connectivity index (χ2v) is 7.94. The van der Waals surface area contributed by atoms with Gasteiger partial charge in [-0.05, 0) is 62.2 Å². The van der Waals surface area contributed by atoms with Crippen LogP contribution in [-0.4, -0.2) is 29.2 Å². The van der Waals surface area contributed by atoms with E-state index in [9.17, 15) is 14.4 Å². The van der Waals surface area contributed by atoms with Crippen LogP contribution in [0.15, 0.2) is 54.1 Å². The summed E-state index contributed by atoms with van der Waals surface area (Å²) in [4.78, 5) is 39.3. The molecule has 2 aliphatic heterocycles. The number of para-hydroxylation sites is 1. The fourth-order valence-corrected chi connectivity index (χ4v) is 4.19. The summed E-state index contributed by atoms with van der Waals surface area (Å²) in [5, 5.41) is 2.26. The SMILES string of the molecule is Cc1ccccc1-n1c(C)cc(/C=C2\C(=O)NC(=O)N(c3ccc4c(c3)OCO4)C2=O)c1C. The van der Waals surface area contributed by atoms with Crippen molar-refractivity contribution < 1.29 is 23.9 Å². The summed E-state index contributed by atoms with van der Waals surface area (Å²) in [6.45, 7) is 5.99. The predicted molar refractivity (Wildman–Crippen MR) is 122 cm³/mol. The summed E-state index contributed by atoms with van der Waals surface area (Å²) in [7, 11) is 0. The van der Waals surface area contributed by atoms with E-state index in [2.05, 4.69) is 9.88 Å². The van der Waals surface area contributed by atoms with Gasteiger partial charge in [0.15, 0.2) is 11.5 Å². The van der Waals surface area contributed by atoms with Crippen molar-refractivity contribution in [3.05, 3.63) is 76.6 Å². The number of nitrogens with zero attached hydrogens (tertiary/aromatic N) is 2. The third-order valence-corrected chi connectivity index (χ3v) is 5.84. The Balaban J connectivity index is 1.55. The van der Waals surface area contributed by atoms with Gasteiger partial charge in [0.05, 0.1) is 5.69 Å². The number of barbiturate groups is 1. The minimum Gasteiger partial charge on any atom is -0.454 e. The second-order valence-electron chi connectivity index (χ2n) is 7.94. The molecule has 8 heteroatoms. The van der Waals surface area contributed by atoms with E-state index in [-0.39, 0.29) is 18.1 Å². The smallest absolute Gasteiger partial charge is 0.335 e. The summed E-state index contributed by atoms with van der Waals surface area (Å²) < 4.78 is 12.7. The summed E-state index contributed by atoms with van der Waals surface area (Å²) in [5.74, 6) is -0.484. The number of imide groups is 2. The third-order valence-electron chi connectivity index (χ3n) is 5.84. The number of amides is 4. The normalized spacial score (nSPS) is 16.5. The average Bonchev–Trinajstić information content (AvgIpc) is 3.35. The van der Waals surface area contributed by atoms with E-state index in [1.165, 1.54) is 12.1 Å². The van der Waals surface area contributed by atoms with Gasteiger partial charge in [0.1, 0.15) is 5.57 Å². The van der Waals surface area contributed by atoms with Gasteiger partial charge in [-0.3, -0.25) is 14.9 Å². The Morgan fingerprint density at radius 2 is 1.70 bits per heavy atom. The zero-order chi connectivity index (χ0) is 23.3. The molecule has 0 spiro atoms. The van der Waals surface area contributed by atoms with Gasteiger partial charge in [0.2, 0.25) is 6.79 Å². The third kappa shape index (κ3) is 3.36. The molecule has 0 saturated carbocycles. The molecule has 1 fully saturated rings. The van der Waals surface area contributed by atoms with Crippen molar-refractivity contribution in [3.63, 3.8) is 0 Å². The van der Waals surface area contributed by atoms with Gasteiger partial charge in [-0.1, -0.05) is 18.2 Å². The maximum Gasteiger partial charge on any atom is 0.335 e. The van der Waals surface area contributed by atoms with Crippen molar-refractivity contribution in [1.29, 1.82) is 0 Å². The molecule has 0 radical (unpaired) electrons. The first-order chi connectivity index (χ1) is 15.8. The Kier molecular flexibility index (Phi) is 4.78. The Morgan fingerprint density at radius 1 is 0.939 bits per heavy atom. The van der Waals surface area contributed by atoms with Gasteiger partial charge in [-0.2, -0.15) is 0 Å². The van der Waals surface area contributed by atoms with Gasteiger partial charge in [0.25, 0.3) is 11.8 Å². The number of hydrogen-bond donors (Lipinski definition) is 1. The number of nitrogens with one attached hydrogen (secondary N) is 1.